The summed E-state index contributed by atoms with van der Waals surface area (Å²) in [6.45, 7) is 3.84. The molecule has 0 amide bonds. The molecule has 2 N–H and O–H groups in total. The number of carbonyl (C=O) groups excluding carboxylic acids is 1. The third kappa shape index (κ3) is 3.68. The second-order valence-electron chi connectivity index (χ2n) is 4.91. The van der Waals surface area contributed by atoms with E-state index >= 15 is 0 Å². The van der Waals surface area contributed by atoms with Crippen molar-refractivity contribution in [1.82, 2.24) is 0 Å². The van der Waals surface area contributed by atoms with Gasteiger partial charge < -0.3 is 15.2 Å². The summed E-state index contributed by atoms with van der Waals surface area (Å²) in [4.78, 5) is 12.0. The lowest BCUT2D eigenvalue weighted by atomic mass is 9.92. The fourth-order valence-corrected chi connectivity index (χ4v) is 2.23. The summed E-state index contributed by atoms with van der Waals surface area (Å²) >= 11 is 0. The summed E-state index contributed by atoms with van der Waals surface area (Å²) in [6, 6.07) is 0. The van der Waals surface area contributed by atoms with Gasteiger partial charge in [-0.15, -0.1) is 0 Å². The van der Waals surface area contributed by atoms with Crippen LogP contribution >= 0.6 is 0 Å². The first kappa shape index (κ1) is 14.5. The lowest BCUT2D eigenvalue weighted by Gasteiger charge is -2.31. The van der Waals surface area contributed by atoms with E-state index in [-0.39, 0.29) is 18.2 Å². The minimum Gasteiger partial charge on any atom is -0.461 e. The Morgan fingerprint density at radius 3 is 2.41 bits per heavy atom. The monoisotopic (exact) mass is 243 g/mol. The predicted molar refractivity (Wildman–Crippen MR) is 66.6 cm³/mol. The normalized spacial score (nSPS) is 25.6. The van der Waals surface area contributed by atoms with Gasteiger partial charge in [0, 0.05) is 13.5 Å². The van der Waals surface area contributed by atoms with Crippen LogP contribution < -0.4 is 5.73 Å². The fraction of sp³-hybridized carbons (Fsp3) is 0.923. The summed E-state index contributed by atoms with van der Waals surface area (Å²) in [7, 11) is 1.71. The molecular formula is C13H25NO3. The number of carbonyl (C=O) groups is 1. The zero-order chi connectivity index (χ0) is 12.9. The molecule has 0 aromatic heterocycles. The topological polar surface area (TPSA) is 61.6 Å². The number of ether oxygens (including phenoxy) is 2. The highest BCUT2D eigenvalue weighted by atomic mass is 16.5. The van der Waals surface area contributed by atoms with Gasteiger partial charge in [0.2, 0.25) is 0 Å². The second-order valence-corrected chi connectivity index (χ2v) is 4.91. The van der Waals surface area contributed by atoms with Gasteiger partial charge in [-0.25, -0.2) is 0 Å². The van der Waals surface area contributed by atoms with Crippen molar-refractivity contribution in [3.05, 3.63) is 0 Å². The fourth-order valence-electron chi connectivity index (χ4n) is 2.23. The first-order valence-corrected chi connectivity index (χ1v) is 6.58. The van der Waals surface area contributed by atoms with Gasteiger partial charge >= 0.3 is 5.97 Å². The molecule has 1 rings (SSSR count). The van der Waals surface area contributed by atoms with Crippen LogP contribution in [-0.2, 0) is 14.3 Å². The smallest absolute Gasteiger partial charge is 0.326 e. The molecule has 0 saturated heterocycles. The van der Waals surface area contributed by atoms with E-state index < -0.39 is 5.54 Å². The Morgan fingerprint density at radius 1 is 1.29 bits per heavy atom. The zero-order valence-electron chi connectivity index (χ0n) is 11.2. The van der Waals surface area contributed by atoms with Gasteiger partial charge in [0.15, 0.2) is 0 Å². The van der Waals surface area contributed by atoms with Crippen molar-refractivity contribution in [2.45, 2.75) is 70.1 Å². The van der Waals surface area contributed by atoms with E-state index in [2.05, 4.69) is 0 Å². The molecule has 0 heterocycles. The molecule has 4 nitrogen and oxygen atoms in total. The first-order chi connectivity index (χ1) is 8.05. The highest BCUT2D eigenvalue weighted by Crippen LogP contribution is 2.25. The molecule has 100 valence electrons. The molecule has 0 spiro atoms. The molecule has 0 aromatic rings. The Hall–Kier alpha value is -0.610. The van der Waals surface area contributed by atoms with Crippen LogP contribution in [0.1, 0.15) is 52.4 Å². The van der Waals surface area contributed by atoms with Gasteiger partial charge in [0.1, 0.15) is 11.6 Å². The largest absolute Gasteiger partial charge is 0.461 e. The standard InChI is InChI=1S/C13H25NO3/c1-4-13(14,5-2)12(15)17-11-8-6-7-10(9-11)16-3/h10-11H,4-9,14H2,1-3H3. The van der Waals surface area contributed by atoms with Crippen molar-refractivity contribution in [2.75, 3.05) is 7.11 Å². The van der Waals surface area contributed by atoms with Crippen molar-refractivity contribution in [1.29, 1.82) is 0 Å². The SMILES string of the molecule is CCC(N)(CC)C(=O)OC1CCCC(OC)C1. The molecule has 2 unspecified atom stereocenters. The quantitative estimate of drug-likeness (QED) is 0.750. The van der Waals surface area contributed by atoms with Crippen LogP contribution in [0.5, 0.6) is 0 Å². The van der Waals surface area contributed by atoms with Gasteiger partial charge in [-0.05, 0) is 32.1 Å². The maximum atomic E-state index is 12.0. The Labute approximate surface area is 104 Å². The van der Waals surface area contributed by atoms with Crippen LogP contribution in [0.25, 0.3) is 0 Å². The van der Waals surface area contributed by atoms with E-state index in [1.807, 2.05) is 13.8 Å². The molecular weight excluding hydrogens is 218 g/mol. The maximum Gasteiger partial charge on any atom is 0.326 e. The van der Waals surface area contributed by atoms with Gasteiger partial charge in [-0.3, -0.25) is 4.79 Å². The van der Waals surface area contributed by atoms with Gasteiger partial charge in [-0.1, -0.05) is 13.8 Å². The van der Waals surface area contributed by atoms with E-state index in [1.54, 1.807) is 7.11 Å². The maximum absolute atomic E-state index is 12.0. The summed E-state index contributed by atoms with van der Waals surface area (Å²) < 4.78 is 10.8. The summed E-state index contributed by atoms with van der Waals surface area (Å²) in [5.41, 5.74) is 5.20. The Bertz CT molecular complexity index is 251. The lowest BCUT2D eigenvalue weighted by Crippen LogP contribution is -2.49. The van der Waals surface area contributed by atoms with Crippen molar-refractivity contribution < 1.29 is 14.3 Å². The molecule has 0 radical (unpaired) electrons. The van der Waals surface area contributed by atoms with Crippen molar-refractivity contribution in [3.63, 3.8) is 0 Å². The van der Waals surface area contributed by atoms with E-state index in [4.69, 9.17) is 15.2 Å². The summed E-state index contributed by atoms with van der Waals surface area (Å²) in [5, 5.41) is 0. The van der Waals surface area contributed by atoms with Crippen LogP contribution in [0.2, 0.25) is 0 Å². The minimum absolute atomic E-state index is 0.0257. The Kier molecular flexibility index (Phi) is 5.40. The molecule has 17 heavy (non-hydrogen) atoms. The van der Waals surface area contributed by atoms with Gasteiger partial charge in [0.05, 0.1) is 6.10 Å². The minimum atomic E-state index is -0.819. The molecule has 1 saturated carbocycles. The van der Waals surface area contributed by atoms with E-state index in [0.717, 1.165) is 25.7 Å². The highest BCUT2D eigenvalue weighted by molar-refractivity contribution is 5.80. The lowest BCUT2D eigenvalue weighted by molar-refractivity contribution is -0.159. The average molecular weight is 243 g/mol. The number of rotatable bonds is 5. The van der Waals surface area contributed by atoms with Crippen LogP contribution in [0, 0.1) is 0 Å². The van der Waals surface area contributed by atoms with Crippen molar-refractivity contribution >= 4 is 5.97 Å². The third-order valence-electron chi connectivity index (χ3n) is 3.85. The Balaban J connectivity index is 2.50. The molecule has 0 bridgehead atoms. The van der Waals surface area contributed by atoms with Gasteiger partial charge in [0.25, 0.3) is 0 Å². The number of hydrogen-bond donors (Lipinski definition) is 1. The van der Waals surface area contributed by atoms with Crippen molar-refractivity contribution in [2.24, 2.45) is 5.73 Å². The van der Waals surface area contributed by atoms with E-state index in [9.17, 15) is 4.79 Å². The number of hydrogen-bond acceptors (Lipinski definition) is 4. The van der Waals surface area contributed by atoms with Crippen LogP contribution in [0.3, 0.4) is 0 Å². The van der Waals surface area contributed by atoms with Crippen LogP contribution in [0.15, 0.2) is 0 Å². The Morgan fingerprint density at radius 2 is 1.88 bits per heavy atom. The predicted octanol–water partition coefficient (Wildman–Crippen LogP) is 2.00. The molecule has 1 aliphatic rings. The highest BCUT2D eigenvalue weighted by Gasteiger charge is 2.34. The third-order valence-corrected chi connectivity index (χ3v) is 3.85. The number of methoxy groups -OCH3 is 1. The van der Waals surface area contributed by atoms with E-state index in [1.165, 1.54) is 0 Å². The summed E-state index contributed by atoms with van der Waals surface area (Å²) in [5.74, 6) is -0.260. The van der Waals surface area contributed by atoms with Crippen LogP contribution in [-0.4, -0.2) is 30.8 Å². The molecule has 4 heteroatoms. The molecule has 0 aliphatic heterocycles. The molecule has 0 aromatic carbocycles. The number of esters is 1. The zero-order valence-corrected chi connectivity index (χ0v) is 11.2. The first-order valence-electron chi connectivity index (χ1n) is 6.58. The van der Waals surface area contributed by atoms with Crippen molar-refractivity contribution in [3.8, 4) is 0 Å². The second kappa shape index (κ2) is 6.36. The molecule has 1 fully saturated rings. The van der Waals surface area contributed by atoms with E-state index in [0.29, 0.717) is 12.8 Å². The van der Waals surface area contributed by atoms with Gasteiger partial charge in [-0.2, -0.15) is 0 Å². The van der Waals surface area contributed by atoms with Crippen LogP contribution in [0.4, 0.5) is 0 Å². The molecule has 1 aliphatic carbocycles. The number of nitrogens with two attached hydrogens (primary N) is 1. The summed E-state index contributed by atoms with van der Waals surface area (Å²) in [6.07, 6.45) is 5.25. The molecule has 2 atom stereocenters. The average Bonchev–Trinajstić information content (AvgIpc) is 2.37.